The van der Waals surface area contributed by atoms with E-state index >= 15 is 0 Å². The van der Waals surface area contributed by atoms with E-state index in [1.54, 1.807) is 18.2 Å². The standard InChI is InChI=1S/C14H16N2O4S/c1-15(2)10-5-3-4-9(6-10)14(20)21-13-7-11(18)16(13)12(19)8-17/h3-6,13,17H,7-8H2,1-2H3. The maximum Gasteiger partial charge on any atom is 0.255 e. The summed E-state index contributed by atoms with van der Waals surface area (Å²) >= 11 is 0.931. The van der Waals surface area contributed by atoms with Crippen molar-refractivity contribution in [3.8, 4) is 0 Å². The van der Waals surface area contributed by atoms with Crippen molar-refractivity contribution in [2.45, 2.75) is 11.8 Å². The van der Waals surface area contributed by atoms with Crippen LogP contribution in [0, 0.1) is 0 Å². The van der Waals surface area contributed by atoms with Crippen LogP contribution in [0.3, 0.4) is 0 Å². The van der Waals surface area contributed by atoms with Crippen LogP contribution in [-0.2, 0) is 9.59 Å². The van der Waals surface area contributed by atoms with Crippen molar-refractivity contribution in [2.75, 3.05) is 25.6 Å². The number of rotatable bonds is 4. The third-order valence-corrected chi connectivity index (χ3v) is 4.25. The predicted molar refractivity (Wildman–Crippen MR) is 80.0 cm³/mol. The molecule has 1 aliphatic heterocycles. The lowest BCUT2D eigenvalue weighted by Gasteiger charge is -2.37. The summed E-state index contributed by atoms with van der Waals surface area (Å²) in [6.45, 7) is -0.729. The predicted octanol–water partition coefficient (Wildman–Crippen LogP) is 0.703. The molecule has 0 spiro atoms. The number of hydrogen-bond donors (Lipinski definition) is 1. The van der Waals surface area contributed by atoms with E-state index in [9.17, 15) is 14.4 Å². The SMILES string of the molecule is CN(C)c1cccc(C(=O)SC2CC(=O)N2C(=O)CO)c1. The molecule has 1 N–H and O–H groups in total. The van der Waals surface area contributed by atoms with E-state index in [-0.39, 0.29) is 17.4 Å². The zero-order valence-corrected chi connectivity index (χ0v) is 12.6. The number of nitrogens with zero attached hydrogens (tertiary/aromatic N) is 2. The molecule has 1 heterocycles. The summed E-state index contributed by atoms with van der Waals surface area (Å²) in [5.74, 6) is -1.03. The van der Waals surface area contributed by atoms with Gasteiger partial charge in [-0.1, -0.05) is 23.9 Å². The van der Waals surface area contributed by atoms with Crippen LogP contribution in [0.2, 0.25) is 0 Å². The van der Waals surface area contributed by atoms with Crippen molar-refractivity contribution in [2.24, 2.45) is 0 Å². The molecule has 1 unspecified atom stereocenters. The molecule has 1 aliphatic rings. The van der Waals surface area contributed by atoms with E-state index < -0.39 is 17.9 Å². The third kappa shape index (κ3) is 3.25. The first kappa shape index (κ1) is 15.5. The molecule has 2 rings (SSSR count). The number of carbonyl (C=O) groups excluding carboxylic acids is 3. The highest BCUT2D eigenvalue weighted by atomic mass is 32.2. The fraction of sp³-hybridized carbons (Fsp3) is 0.357. The lowest BCUT2D eigenvalue weighted by molar-refractivity contribution is -0.155. The molecule has 0 radical (unpaired) electrons. The second kappa shape index (κ2) is 6.28. The lowest BCUT2D eigenvalue weighted by Crippen LogP contribution is -2.55. The summed E-state index contributed by atoms with van der Waals surface area (Å²) in [7, 11) is 3.76. The van der Waals surface area contributed by atoms with Gasteiger partial charge in [0.05, 0.1) is 6.42 Å². The summed E-state index contributed by atoms with van der Waals surface area (Å²) in [4.78, 5) is 37.8. The fourth-order valence-corrected chi connectivity index (χ4v) is 3.04. The molecule has 0 aliphatic carbocycles. The van der Waals surface area contributed by atoms with Crippen LogP contribution in [-0.4, -0.2) is 53.0 Å². The van der Waals surface area contributed by atoms with Crippen LogP contribution in [0.4, 0.5) is 5.69 Å². The Labute approximate surface area is 126 Å². The highest BCUT2D eigenvalue weighted by Gasteiger charge is 2.42. The number of carbonyl (C=O) groups is 3. The van der Waals surface area contributed by atoms with Gasteiger partial charge in [0.15, 0.2) is 0 Å². The van der Waals surface area contributed by atoms with Crippen molar-refractivity contribution in [1.29, 1.82) is 0 Å². The second-order valence-corrected chi connectivity index (χ2v) is 5.98. The Bertz CT molecular complexity index is 588. The molecule has 112 valence electrons. The number of benzene rings is 1. The Morgan fingerprint density at radius 1 is 1.43 bits per heavy atom. The summed E-state index contributed by atoms with van der Waals surface area (Å²) < 4.78 is 0. The van der Waals surface area contributed by atoms with Gasteiger partial charge in [-0.3, -0.25) is 19.3 Å². The molecule has 7 heteroatoms. The van der Waals surface area contributed by atoms with Crippen molar-refractivity contribution < 1.29 is 19.5 Å². The van der Waals surface area contributed by atoms with Crippen molar-refractivity contribution >= 4 is 34.4 Å². The van der Waals surface area contributed by atoms with Crippen LogP contribution >= 0.6 is 11.8 Å². The first-order chi connectivity index (χ1) is 9.93. The Hall–Kier alpha value is -1.86. The van der Waals surface area contributed by atoms with Crippen molar-refractivity contribution in [1.82, 2.24) is 4.90 Å². The molecule has 1 atom stereocenters. The number of imide groups is 1. The van der Waals surface area contributed by atoms with Crippen molar-refractivity contribution in [3.05, 3.63) is 29.8 Å². The maximum absolute atomic E-state index is 12.2. The van der Waals surface area contributed by atoms with Gasteiger partial charge in [-0.2, -0.15) is 0 Å². The fourth-order valence-electron chi connectivity index (χ4n) is 1.96. The minimum absolute atomic E-state index is 0.134. The average molecular weight is 308 g/mol. The van der Waals surface area contributed by atoms with E-state index in [4.69, 9.17) is 5.11 Å². The quantitative estimate of drug-likeness (QED) is 0.825. The second-order valence-electron chi connectivity index (χ2n) is 4.82. The summed E-state index contributed by atoms with van der Waals surface area (Å²) in [5.41, 5.74) is 1.41. The van der Waals surface area contributed by atoms with Gasteiger partial charge in [-0.25, -0.2) is 0 Å². The Morgan fingerprint density at radius 3 is 2.71 bits per heavy atom. The number of likely N-dealkylation sites (tertiary alicyclic amines) is 1. The van der Waals surface area contributed by atoms with Gasteiger partial charge >= 0.3 is 0 Å². The van der Waals surface area contributed by atoms with Crippen LogP contribution in [0.25, 0.3) is 0 Å². The molecule has 0 aromatic heterocycles. The number of aliphatic hydroxyl groups is 1. The molecule has 21 heavy (non-hydrogen) atoms. The molecule has 2 amide bonds. The Balaban J connectivity index is 2.07. The maximum atomic E-state index is 12.2. The number of aliphatic hydroxyl groups excluding tert-OH is 1. The van der Waals surface area contributed by atoms with E-state index in [0.717, 1.165) is 22.3 Å². The van der Waals surface area contributed by atoms with E-state index in [0.29, 0.717) is 5.56 Å². The van der Waals surface area contributed by atoms with Gasteiger partial charge in [0.1, 0.15) is 12.0 Å². The molecule has 6 nitrogen and oxygen atoms in total. The van der Waals surface area contributed by atoms with Crippen LogP contribution in [0.1, 0.15) is 16.8 Å². The minimum Gasteiger partial charge on any atom is -0.387 e. The van der Waals surface area contributed by atoms with E-state index in [2.05, 4.69) is 0 Å². The van der Waals surface area contributed by atoms with Crippen molar-refractivity contribution in [3.63, 3.8) is 0 Å². The summed E-state index contributed by atoms with van der Waals surface area (Å²) in [6, 6.07) is 7.12. The zero-order chi connectivity index (χ0) is 15.6. The number of β-lactam (4-membered cyclic amide) rings is 1. The zero-order valence-electron chi connectivity index (χ0n) is 11.8. The molecule has 0 saturated carbocycles. The molecule has 1 fully saturated rings. The Kier molecular flexibility index (Phi) is 4.64. The minimum atomic E-state index is -0.729. The first-order valence-corrected chi connectivity index (χ1v) is 7.26. The number of thioether (sulfide) groups is 1. The lowest BCUT2D eigenvalue weighted by atomic mass is 10.2. The number of hydrogen-bond acceptors (Lipinski definition) is 6. The van der Waals surface area contributed by atoms with E-state index in [1.165, 1.54) is 0 Å². The van der Waals surface area contributed by atoms with Crippen LogP contribution < -0.4 is 4.90 Å². The topological polar surface area (TPSA) is 77.9 Å². The number of amides is 2. The van der Waals surface area contributed by atoms with E-state index in [1.807, 2.05) is 25.1 Å². The van der Waals surface area contributed by atoms with Gasteiger partial charge < -0.3 is 10.0 Å². The molecule has 0 bridgehead atoms. The highest BCUT2D eigenvalue weighted by Crippen LogP contribution is 2.32. The number of anilines is 1. The van der Waals surface area contributed by atoms with Gasteiger partial charge in [0, 0.05) is 25.3 Å². The monoisotopic (exact) mass is 308 g/mol. The normalized spacial score (nSPS) is 17.4. The Morgan fingerprint density at radius 2 is 2.14 bits per heavy atom. The molecular weight excluding hydrogens is 292 g/mol. The molecule has 1 aromatic carbocycles. The molecule has 1 saturated heterocycles. The largest absolute Gasteiger partial charge is 0.387 e. The van der Waals surface area contributed by atoms with Crippen LogP contribution in [0.15, 0.2) is 24.3 Å². The molecule has 1 aromatic rings. The smallest absolute Gasteiger partial charge is 0.255 e. The van der Waals surface area contributed by atoms with Gasteiger partial charge in [-0.15, -0.1) is 0 Å². The first-order valence-electron chi connectivity index (χ1n) is 6.38. The molecular formula is C14H16N2O4S. The summed E-state index contributed by atoms with van der Waals surface area (Å²) in [5, 5.41) is 8.09. The third-order valence-electron chi connectivity index (χ3n) is 3.15. The van der Waals surface area contributed by atoms with Gasteiger partial charge in [0.25, 0.3) is 5.91 Å². The van der Waals surface area contributed by atoms with Gasteiger partial charge in [0.2, 0.25) is 11.0 Å². The van der Waals surface area contributed by atoms with Crippen LogP contribution in [0.5, 0.6) is 0 Å². The highest BCUT2D eigenvalue weighted by molar-refractivity contribution is 8.14. The summed E-state index contributed by atoms with van der Waals surface area (Å²) in [6.07, 6.45) is 0.134. The van der Waals surface area contributed by atoms with Gasteiger partial charge in [-0.05, 0) is 12.1 Å². The average Bonchev–Trinajstić information content (AvgIpc) is 2.46.